The van der Waals surface area contributed by atoms with E-state index < -0.39 is 5.95 Å². The van der Waals surface area contributed by atoms with Gasteiger partial charge in [0.1, 0.15) is 5.82 Å². The van der Waals surface area contributed by atoms with Crippen molar-refractivity contribution < 1.29 is 9.18 Å². The van der Waals surface area contributed by atoms with Gasteiger partial charge in [-0.15, -0.1) is 0 Å². The maximum Gasteiger partial charge on any atom is 0.230 e. The zero-order valence-corrected chi connectivity index (χ0v) is 15.7. The predicted octanol–water partition coefficient (Wildman–Crippen LogP) is 3.52. The lowest BCUT2D eigenvalue weighted by atomic mass is 9.78. The molecule has 3 fully saturated rings. The number of anilines is 1. The first-order chi connectivity index (χ1) is 13.1. The first-order valence-corrected chi connectivity index (χ1v) is 10.1. The summed E-state index contributed by atoms with van der Waals surface area (Å²) in [5.74, 6) is 0.967. The number of hydrogen-bond donors (Lipinski definition) is 0. The summed E-state index contributed by atoms with van der Waals surface area (Å²) in [6.07, 6.45) is 6.91. The third-order valence-corrected chi connectivity index (χ3v) is 6.75. The van der Waals surface area contributed by atoms with Crippen molar-refractivity contribution in [2.45, 2.75) is 51.0 Å². The number of carbonyl (C=O) groups excluding carboxylic acids is 1. The fourth-order valence-corrected chi connectivity index (χ4v) is 5.24. The molecule has 144 valence electrons. The van der Waals surface area contributed by atoms with Gasteiger partial charge in [0.05, 0.1) is 5.41 Å². The molecule has 1 aromatic rings. The van der Waals surface area contributed by atoms with Crippen LogP contribution in [0.4, 0.5) is 10.2 Å². The molecule has 2 aliphatic heterocycles. The predicted molar refractivity (Wildman–Crippen MR) is 102 cm³/mol. The molecule has 5 nitrogen and oxygen atoms in total. The Labute approximate surface area is 160 Å². The summed E-state index contributed by atoms with van der Waals surface area (Å²) in [7, 11) is 0. The highest BCUT2D eigenvalue weighted by atomic mass is 19.1. The number of likely N-dealkylation sites (tertiary alicyclic amines) is 1. The van der Waals surface area contributed by atoms with Gasteiger partial charge in [0, 0.05) is 31.6 Å². The molecular formula is C21H27FN4O. The van der Waals surface area contributed by atoms with Gasteiger partial charge in [0.25, 0.3) is 0 Å². The van der Waals surface area contributed by atoms with E-state index in [9.17, 15) is 9.18 Å². The Morgan fingerprint density at radius 3 is 2.78 bits per heavy atom. The van der Waals surface area contributed by atoms with Crippen LogP contribution >= 0.6 is 0 Å². The Hall–Kier alpha value is -2.16. The summed E-state index contributed by atoms with van der Waals surface area (Å²) in [5, 5.41) is 0. The Morgan fingerprint density at radius 1 is 1.22 bits per heavy atom. The van der Waals surface area contributed by atoms with Crippen LogP contribution in [-0.4, -0.2) is 48.0 Å². The Balaban J connectivity index is 1.44. The van der Waals surface area contributed by atoms with E-state index in [-0.39, 0.29) is 11.3 Å². The first kappa shape index (κ1) is 18.2. The highest BCUT2D eigenvalue weighted by Gasteiger charge is 2.50. The molecule has 0 N–H and O–H groups in total. The highest BCUT2D eigenvalue weighted by Crippen LogP contribution is 2.43. The van der Waals surface area contributed by atoms with Gasteiger partial charge in [0.2, 0.25) is 18.4 Å². The lowest BCUT2D eigenvalue weighted by molar-refractivity contribution is -0.139. The Bertz CT molecular complexity index is 740. The van der Waals surface area contributed by atoms with Gasteiger partial charge in [-0.05, 0) is 57.1 Å². The molecule has 27 heavy (non-hydrogen) atoms. The van der Waals surface area contributed by atoms with Crippen LogP contribution in [0.15, 0.2) is 18.2 Å². The van der Waals surface area contributed by atoms with Crippen LogP contribution in [0.25, 0.3) is 4.85 Å². The van der Waals surface area contributed by atoms with Crippen LogP contribution in [-0.2, 0) is 4.79 Å². The third kappa shape index (κ3) is 3.52. The van der Waals surface area contributed by atoms with E-state index in [1.165, 1.54) is 6.07 Å². The first-order valence-electron chi connectivity index (χ1n) is 10.1. The van der Waals surface area contributed by atoms with Crippen molar-refractivity contribution in [3.05, 3.63) is 35.6 Å². The van der Waals surface area contributed by atoms with E-state index in [1.54, 1.807) is 6.07 Å². The molecule has 0 aromatic carbocycles. The van der Waals surface area contributed by atoms with E-state index in [2.05, 4.69) is 19.6 Å². The normalized spacial score (nSPS) is 31.3. The minimum Gasteiger partial charge on any atom is -0.355 e. The van der Waals surface area contributed by atoms with Gasteiger partial charge in [-0.3, -0.25) is 4.79 Å². The van der Waals surface area contributed by atoms with Crippen LogP contribution in [0.3, 0.4) is 0 Å². The molecule has 0 radical (unpaired) electrons. The van der Waals surface area contributed by atoms with E-state index in [0.29, 0.717) is 30.9 Å². The fourth-order valence-electron chi connectivity index (χ4n) is 5.24. The number of carbonyl (C=O) groups is 1. The number of rotatable bonds is 3. The van der Waals surface area contributed by atoms with Crippen LogP contribution in [0.1, 0.15) is 44.9 Å². The lowest BCUT2D eigenvalue weighted by Gasteiger charge is -2.41. The molecular weight excluding hydrogens is 343 g/mol. The highest BCUT2D eigenvalue weighted by molar-refractivity contribution is 5.86. The van der Waals surface area contributed by atoms with Crippen LogP contribution in [0, 0.1) is 23.9 Å². The van der Waals surface area contributed by atoms with E-state index in [1.807, 2.05) is 6.07 Å². The largest absolute Gasteiger partial charge is 0.355 e. The summed E-state index contributed by atoms with van der Waals surface area (Å²) in [6, 6.07) is 5.21. The van der Waals surface area contributed by atoms with Gasteiger partial charge in [0.15, 0.2) is 0 Å². The third-order valence-electron chi connectivity index (χ3n) is 6.75. The number of amides is 1. The standard InChI is InChI=1S/C21H27FN4O/c1-23-14-16-6-8-17(9-7-16)26-13-11-21(20(26)27)10-3-12-25(15-21)19-5-2-4-18(22)24-19/h2,4-5,16-17H,3,6-15H2. The average Bonchev–Trinajstić information content (AvgIpc) is 2.99. The van der Waals surface area contributed by atoms with Crippen LogP contribution in [0.5, 0.6) is 0 Å². The van der Waals surface area contributed by atoms with Gasteiger partial charge in [-0.1, -0.05) is 6.07 Å². The molecule has 1 aromatic heterocycles. The monoisotopic (exact) mass is 370 g/mol. The molecule has 1 saturated carbocycles. The molecule has 3 aliphatic rings. The second-order valence-corrected chi connectivity index (χ2v) is 8.39. The van der Waals surface area contributed by atoms with Crippen molar-refractivity contribution in [2.24, 2.45) is 11.3 Å². The summed E-state index contributed by atoms with van der Waals surface area (Å²) in [5.41, 5.74) is -0.334. The van der Waals surface area contributed by atoms with Crippen molar-refractivity contribution >= 4 is 11.7 Å². The second kappa shape index (κ2) is 7.46. The summed E-state index contributed by atoms with van der Waals surface area (Å²) in [4.78, 5) is 25.2. The molecule has 1 amide bonds. The Morgan fingerprint density at radius 2 is 2.04 bits per heavy atom. The average molecular weight is 370 g/mol. The van der Waals surface area contributed by atoms with Crippen molar-refractivity contribution in [1.82, 2.24) is 9.88 Å². The zero-order chi connectivity index (χ0) is 18.9. The van der Waals surface area contributed by atoms with E-state index in [4.69, 9.17) is 6.57 Å². The number of halogens is 1. The van der Waals surface area contributed by atoms with Gasteiger partial charge >= 0.3 is 0 Å². The minimum atomic E-state index is -0.470. The summed E-state index contributed by atoms with van der Waals surface area (Å²) >= 11 is 0. The number of hydrogen-bond acceptors (Lipinski definition) is 3. The molecule has 6 heteroatoms. The van der Waals surface area contributed by atoms with Crippen LogP contribution < -0.4 is 4.90 Å². The Kier molecular flexibility index (Phi) is 5.03. The topological polar surface area (TPSA) is 40.8 Å². The maximum atomic E-state index is 13.5. The lowest BCUT2D eigenvalue weighted by Crippen LogP contribution is -2.50. The number of piperidine rings is 1. The molecule has 0 bridgehead atoms. The number of nitrogens with zero attached hydrogens (tertiary/aromatic N) is 4. The molecule has 2 saturated heterocycles. The van der Waals surface area contributed by atoms with Crippen LogP contribution in [0.2, 0.25) is 0 Å². The molecule has 3 heterocycles. The van der Waals surface area contributed by atoms with Crippen molar-refractivity contribution in [1.29, 1.82) is 0 Å². The molecule has 1 spiro atoms. The van der Waals surface area contributed by atoms with E-state index in [0.717, 1.165) is 58.0 Å². The van der Waals surface area contributed by atoms with Crippen molar-refractivity contribution in [3.63, 3.8) is 0 Å². The van der Waals surface area contributed by atoms with Crippen molar-refractivity contribution in [2.75, 3.05) is 31.1 Å². The molecule has 4 rings (SSSR count). The van der Waals surface area contributed by atoms with Gasteiger partial charge < -0.3 is 14.6 Å². The molecule has 1 unspecified atom stereocenters. The van der Waals surface area contributed by atoms with E-state index >= 15 is 0 Å². The van der Waals surface area contributed by atoms with Crippen molar-refractivity contribution in [3.8, 4) is 0 Å². The number of pyridine rings is 1. The van der Waals surface area contributed by atoms with Gasteiger partial charge in [-0.25, -0.2) is 11.6 Å². The summed E-state index contributed by atoms with van der Waals surface area (Å²) < 4.78 is 13.5. The molecule has 1 aliphatic carbocycles. The maximum absolute atomic E-state index is 13.5. The minimum absolute atomic E-state index is 0.289. The van der Waals surface area contributed by atoms with Gasteiger partial charge in [-0.2, -0.15) is 4.39 Å². The molecule has 1 atom stereocenters. The quantitative estimate of drug-likeness (QED) is 0.604. The SMILES string of the molecule is [C-]#[N+]CC1CCC(N2CCC3(CCCN(c4cccc(F)n4)C3)C2=O)CC1. The zero-order valence-electron chi connectivity index (χ0n) is 15.7. The smallest absolute Gasteiger partial charge is 0.230 e. The summed E-state index contributed by atoms with van der Waals surface area (Å²) in [6.45, 7) is 9.98. The fraction of sp³-hybridized carbons (Fsp3) is 0.667. The number of aromatic nitrogens is 1. The second-order valence-electron chi connectivity index (χ2n) is 8.39.